The van der Waals surface area contributed by atoms with Crippen LogP contribution in [0.25, 0.3) is 5.57 Å². The summed E-state index contributed by atoms with van der Waals surface area (Å²) in [5.41, 5.74) is 9.04. The third kappa shape index (κ3) is 3.49. The molecule has 0 aromatic heterocycles. The highest BCUT2D eigenvalue weighted by Crippen LogP contribution is 2.28. The normalized spacial score (nSPS) is 14.4. The zero-order chi connectivity index (χ0) is 12.7. The molecule has 1 aliphatic rings. The Morgan fingerprint density at radius 2 is 2.06 bits per heavy atom. The van der Waals surface area contributed by atoms with Gasteiger partial charge in [0.2, 0.25) is 0 Å². The van der Waals surface area contributed by atoms with Crippen molar-refractivity contribution in [3.05, 3.63) is 29.8 Å². The van der Waals surface area contributed by atoms with E-state index in [0.717, 1.165) is 25.3 Å². The van der Waals surface area contributed by atoms with Crippen LogP contribution in [0.15, 0.2) is 24.3 Å². The van der Waals surface area contributed by atoms with Crippen molar-refractivity contribution in [1.82, 2.24) is 5.32 Å². The van der Waals surface area contributed by atoms with Crippen LogP contribution in [0.3, 0.4) is 0 Å². The Morgan fingerprint density at radius 1 is 1.29 bits per heavy atom. The van der Waals surface area contributed by atoms with Crippen LogP contribution in [0.5, 0.6) is 5.75 Å². The van der Waals surface area contributed by atoms with E-state index in [1.165, 1.54) is 11.1 Å². The van der Waals surface area contributed by atoms with Crippen LogP contribution in [0.2, 0.25) is 0 Å². The molecule has 1 aliphatic heterocycles. The number of anilines is 1. The van der Waals surface area contributed by atoms with E-state index >= 15 is 0 Å². The second-order valence-electron chi connectivity index (χ2n) is 3.64. The first kappa shape index (κ1) is 13.6. The highest BCUT2D eigenvalue weighted by molar-refractivity contribution is 5.70. The number of benzene rings is 1. The van der Waals surface area contributed by atoms with Gasteiger partial charge in [-0.3, -0.25) is 0 Å². The molecule has 17 heavy (non-hydrogen) atoms. The van der Waals surface area contributed by atoms with E-state index in [2.05, 4.69) is 17.5 Å². The lowest BCUT2D eigenvalue weighted by Crippen LogP contribution is -2.20. The van der Waals surface area contributed by atoms with Crippen molar-refractivity contribution in [2.45, 2.75) is 20.3 Å². The van der Waals surface area contributed by atoms with E-state index in [4.69, 9.17) is 10.5 Å². The Morgan fingerprint density at radius 3 is 2.65 bits per heavy atom. The zero-order valence-corrected chi connectivity index (χ0v) is 10.9. The van der Waals surface area contributed by atoms with Gasteiger partial charge in [0, 0.05) is 6.54 Å². The summed E-state index contributed by atoms with van der Waals surface area (Å²) in [4.78, 5) is 0. The van der Waals surface area contributed by atoms with Gasteiger partial charge >= 0.3 is 0 Å². The maximum Gasteiger partial charge on any atom is 0.142 e. The van der Waals surface area contributed by atoms with Crippen molar-refractivity contribution in [1.29, 1.82) is 0 Å². The van der Waals surface area contributed by atoms with Gasteiger partial charge in [-0.05, 0) is 36.2 Å². The molecular weight excluding hydrogens is 212 g/mol. The first-order valence-corrected chi connectivity index (χ1v) is 6.15. The molecule has 0 amide bonds. The summed E-state index contributed by atoms with van der Waals surface area (Å²) in [5.74, 6) is 0.756. The number of nitrogen functional groups attached to an aromatic ring is 1. The predicted octanol–water partition coefficient (Wildman–Crippen LogP) is 2.68. The first-order valence-electron chi connectivity index (χ1n) is 6.15. The monoisotopic (exact) mass is 234 g/mol. The molecule has 94 valence electrons. The highest BCUT2D eigenvalue weighted by Gasteiger charge is 2.07. The molecule has 3 N–H and O–H groups in total. The van der Waals surface area contributed by atoms with E-state index in [-0.39, 0.29) is 0 Å². The van der Waals surface area contributed by atoms with E-state index in [1.54, 1.807) is 7.11 Å². The fourth-order valence-electron chi connectivity index (χ4n) is 1.80. The summed E-state index contributed by atoms with van der Waals surface area (Å²) in [5, 5.41) is 3.29. The minimum atomic E-state index is 0.691. The number of hydrogen-bond donors (Lipinski definition) is 2. The number of nitrogens with two attached hydrogens (primary N) is 1. The topological polar surface area (TPSA) is 47.3 Å². The maximum absolute atomic E-state index is 5.77. The molecule has 0 atom stereocenters. The number of nitrogens with one attached hydrogen (secondary N) is 1. The lowest BCUT2D eigenvalue weighted by molar-refractivity contribution is 0.417. The van der Waals surface area contributed by atoms with Gasteiger partial charge in [-0.1, -0.05) is 26.0 Å². The van der Waals surface area contributed by atoms with Gasteiger partial charge in [-0.25, -0.2) is 0 Å². The van der Waals surface area contributed by atoms with Crippen molar-refractivity contribution < 1.29 is 4.74 Å². The maximum atomic E-state index is 5.77. The van der Waals surface area contributed by atoms with E-state index in [0.29, 0.717) is 5.69 Å². The van der Waals surface area contributed by atoms with Gasteiger partial charge in [-0.2, -0.15) is 0 Å². The largest absolute Gasteiger partial charge is 0.495 e. The number of ether oxygens (including phenoxy) is 1. The molecule has 1 aromatic carbocycles. The van der Waals surface area contributed by atoms with E-state index in [9.17, 15) is 0 Å². The van der Waals surface area contributed by atoms with Crippen LogP contribution in [0.1, 0.15) is 25.8 Å². The molecule has 0 radical (unpaired) electrons. The number of rotatable bonds is 2. The Kier molecular flexibility index (Phi) is 5.57. The predicted molar refractivity (Wildman–Crippen MR) is 74.2 cm³/mol. The summed E-state index contributed by atoms with van der Waals surface area (Å²) in [6.07, 6.45) is 3.28. The van der Waals surface area contributed by atoms with Crippen molar-refractivity contribution in [3.63, 3.8) is 0 Å². The molecule has 2 rings (SSSR count). The molecule has 1 aromatic rings. The second-order valence-corrected chi connectivity index (χ2v) is 3.64. The van der Waals surface area contributed by atoms with Crippen LogP contribution in [0.4, 0.5) is 5.69 Å². The van der Waals surface area contributed by atoms with E-state index in [1.807, 2.05) is 26.0 Å². The average molecular weight is 234 g/mol. The van der Waals surface area contributed by atoms with Crippen LogP contribution in [-0.4, -0.2) is 20.2 Å². The molecule has 3 heteroatoms. The second kappa shape index (κ2) is 6.97. The first-order chi connectivity index (χ1) is 8.31. The molecule has 3 nitrogen and oxygen atoms in total. The molecule has 1 heterocycles. The van der Waals surface area contributed by atoms with Gasteiger partial charge < -0.3 is 15.8 Å². The van der Waals surface area contributed by atoms with Gasteiger partial charge in [-0.15, -0.1) is 0 Å². The Labute approximate surface area is 104 Å². The molecule has 0 spiro atoms. The van der Waals surface area contributed by atoms with Crippen molar-refractivity contribution in [2.75, 3.05) is 25.9 Å². The smallest absolute Gasteiger partial charge is 0.142 e. The van der Waals surface area contributed by atoms with Crippen molar-refractivity contribution in [3.8, 4) is 5.75 Å². The van der Waals surface area contributed by atoms with Crippen molar-refractivity contribution in [2.24, 2.45) is 0 Å². The molecule has 0 saturated heterocycles. The summed E-state index contributed by atoms with van der Waals surface area (Å²) < 4.78 is 5.21. The van der Waals surface area contributed by atoms with Crippen LogP contribution in [0, 0.1) is 0 Å². The molecule has 0 unspecified atom stereocenters. The molecular formula is C14H22N2O. The fourth-order valence-corrected chi connectivity index (χ4v) is 1.80. The molecule has 0 aliphatic carbocycles. The third-order valence-corrected chi connectivity index (χ3v) is 2.67. The molecule has 0 bridgehead atoms. The van der Waals surface area contributed by atoms with Gasteiger partial charge in [0.05, 0.1) is 12.8 Å². The summed E-state index contributed by atoms with van der Waals surface area (Å²) in [6.45, 7) is 5.99. The lowest BCUT2D eigenvalue weighted by Gasteiger charge is -2.15. The minimum Gasteiger partial charge on any atom is -0.495 e. The minimum absolute atomic E-state index is 0.691. The lowest BCUT2D eigenvalue weighted by atomic mass is 10.00. The summed E-state index contributed by atoms with van der Waals surface area (Å²) in [7, 11) is 1.65. The highest BCUT2D eigenvalue weighted by atomic mass is 16.5. The van der Waals surface area contributed by atoms with Crippen molar-refractivity contribution >= 4 is 11.3 Å². The summed E-state index contributed by atoms with van der Waals surface area (Å²) >= 11 is 0. The third-order valence-electron chi connectivity index (χ3n) is 2.67. The fraction of sp³-hybridized carbons (Fsp3) is 0.429. The van der Waals surface area contributed by atoms with E-state index < -0.39 is 0 Å². The number of methoxy groups -OCH3 is 1. The Bertz CT molecular complexity index is 386. The summed E-state index contributed by atoms with van der Waals surface area (Å²) in [6, 6.07) is 5.96. The Hall–Kier alpha value is -1.48. The van der Waals surface area contributed by atoms with Crippen LogP contribution >= 0.6 is 0 Å². The number of hydrogen-bond acceptors (Lipinski definition) is 3. The SMILES string of the molecule is CC.COc1cc(C2=CCNCC2)ccc1N. The van der Waals surface area contributed by atoms with Gasteiger partial charge in [0.1, 0.15) is 5.75 Å². The zero-order valence-electron chi connectivity index (χ0n) is 10.9. The van der Waals surface area contributed by atoms with Gasteiger partial charge in [0.25, 0.3) is 0 Å². The van der Waals surface area contributed by atoms with Gasteiger partial charge in [0.15, 0.2) is 0 Å². The van der Waals surface area contributed by atoms with Crippen LogP contribution in [-0.2, 0) is 0 Å². The molecule has 0 fully saturated rings. The van der Waals surface area contributed by atoms with Crippen LogP contribution < -0.4 is 15.8 Å². The average Bonchev–Trinajstić information content (AvgIpc) is 2.42. The Balaban J connectivity index is 0.000000686. The standard InChI is InChI=1S/C12H16N2O.C2H6/c1-15-12-8-10(2-3-11(12)13)9-4-6-14-7-5-9;1-2/h2-4,8,14H,5-7,13H2,1H3;1-2H3. The quantitative estimate of drug-likeness (QED) is 0.773. The molecule has 0 saturated carbocycles.